The summed E-state index contributed by atoms with van der Waals surface area (Å²) in [5, 5.41) is 6.50. The monoisotopic (exact) mass is 416 g/mol. The summed E-state index contributed by atoms with van der Waals surface area (Å²) in [6, 6.07) is 5.64. The molecule has 0 spiro atoms. The number of hydrogen-bond donors (Lipinski definition) is 1. The summed E-state index contributed by atoms with van der Waals surface area (Å²) in [5.41, 5.74) is 1.70. The highest BCUT2D eigenvalue weighted by Gasteiger charge is 2.16. The molecular weight excluding hydrogens is 388 g/mol. The zero-order chi connectivity index (χ0) is 20.3. The molecule has 1 aliphatic heterocycles. The first-order valence-corrected chi connectivity index (χ1v) is 10.9. The molecule has 3 heterocycles. The number of rotatable bonds is 10. The van der Waals surface area contributed by atoms with E-state index in [1.807, 2.05) is 22.4 Å². The molecule has 0 aliphatic carbocycles. The van der Waals surface area contributed by atoms with Gasteiger partial charge in [0.1, 0.15) is 0 Å². The molecule has 0 radical (unpaired) electrons. The Kier molecular flexibility index (Phi) is 8.60. The summed E-state index contributed by atoms with van der Waals surface area (Å²) < 4.78 is 5.39. The smallest absolute Gasteiger partial charge is 0.252 e. The molecule has 0 bridgehead atoms. The Hall–Kier alpha value is -2.29. The maximum Gasteiger partial charge on any atom is 0.252 e. The van der Waals surface area contributed by atoms with Crippen LogP contribution in [-0.4, -0.2) is 72.5 Å². The number of nitrogens with one attached hydrogen (secondary N) is 1. The number of ether oxygens (including phenoxy) is 1. The van der Waals surface area contributed by atoms with E-state index in [2.05, 4.69) is 15.2 Å². The van der Waals surface area contributed by atoms with Gasteiger partial charge in [-0.3, -0.25) is 19.5 Å². The topological polar surface area (TPSA) is 74.8 Å². The molecule has 1 aliphatic rings. The molecule has 8 heteroatoms. The van der Waals surface area contributed by atoms with Crippen molar-refractivity contribution in [2.45, 2.75) is 19.4 Å². The van der Waals surface area contributed by atoms with Crippen LogP contribution in [-0.2, 0) is 16.1 Å². The molecule has 1 saturated heterocycles. The van der Waals surface area contributed by atoms with Crippen molar-refractivity contribution >= 4 is 23.2 Å². The molecular formula is C21H28N4O3S. The van der Waals surface area contributed by atoms with Gasteiger partial charge >= 0.3 is 0 Å². The highest BCUT2D eigenvalue weighted by atomic mass is 32.1. The van der Waals surface area contributed by atoms with Gasteiger partial charge in [0.05, 0.1) is 13.2 Å². The normalized spacial score (nSPS) is 14.5. The Morgan fingerprint density at radius 2 is 2.00 bits per heavy atom. The van der Waals surface area contributed by atoms with Crippen molar-refractivity contribution in [3.8, 4) is 0 Å². The van der Waals surface area contributed by atoms with Crippen LogP contribution in [0.25, 0.3) is 0 Å². The molecule has 2 amide bonds. The average Bonchev–Trinajstić information content (AvgIpc) is 3.29. The van der Waals surface area contributed by atoms with E-state index in [1.54, 1.807) is 23.8 Å². The fraction of sp³-hybridized carbons (Fsp3) is 0.476. The first-order chi connectivity index (χ1) is 14.2. The number of amides is 2. The van der Waals surface area contributed by atoms with E-state index < -0.39 is 0 Å². The van der Waals surface area contributed by atoms with E-state index in [0.717, 1.165) is 44.8 Å². The predicted octanol–water partition coefficient (Wildman–Crippen LogP) is 2.01. The van der Waals surface area contributed by atoms with E-state index in [-0.39, 0.29) is 11.8 Å². The highest BCUT2D eigenvalue weighted by Crippen LogP contribution is 2.08. The average molecular weight is 417 g/mol. The number of carbonyl (C=O) groups excluding carboxylic acids is 2. The molecule has 29 heavy (non-hydrogen) atoms. The summed E-state index contributed by atoms with van der Waals surface area (Å²) in [7, 11) is 0. The van der Waals surface area contributed by atoms with Gasteiger partial charge in [0, 0.05) is 69.0 Å². The van der Waals surface area contributed by atoms with Crippen LogP contribution < -0.4 is 5.32 Å². The van der Waals surface area contributed by atoms with Crippen molar-refractivity contribution in [1.82, 2.24) is 20.1 Å². The Bertz CT molecular complexity index is 749. The Balaban J connectivity index is 1.48. The van der Waals surface area contributed by atoms with Gasteiger partial charge in [0.2, 0.25) is 5.91 Å². The molecule has 0 atom stereocenters. The van der Waals surface area contributed by atoms with Gasteiger partial charge in [-0.15, -0.1) is 0 Å². The SMILES string of the molecule is O=C(NCCC(=O)N(CCCN1CCOCC1)Cc1ccncc1)c1ccsc1. The second-order valence-corrected chi connectivity index (χ2v) is 7.78. The summed E-state index contributed by atoms with van der Waals surface area (Å²) in [6.45, 7) is 6.01. The van der Waals surface area contributed by atoms with Gasteiger partial charge in [-0.1, -0.05) is 0 Å². The highest BCUT2D eigenvalue weighted by molar-refractivity contribution is 7.08. The zero-order valence-corrected chi connectivity index (χ0v) is 17.4. The van der Waals surface area contributed by atoms with E-state index >= 15 is 0 Å². The fourth-order valence-corrected chi connectivity index (χ4v) is 3.88. The lowest BCUT2D eigenvalue weighted by atomic mass is 10.2. The lowest BCUT2D eigenvalue weighted by molar-refractivity contribution is -0.131. The molecule has 1 N–H and O–H groups in total. The van der Waals surface area contributed by atoms with Crippen molar-refractivity contribution in [1.29, 1.82) is 0 Å². The van der Waals surface area contributed by atoms with Crippen LogP contribution in [0.5, 0.6) is 0 Å². The van der Waals surface area contributed by atoms with E-state index in [4.69, 9.17) is 4.74 Å². The van der Waals surface area contributed by atoms with Gasteiger partial charge in [-0.25, -0.2) is 0 Å². The molecule has 7 nitrogen and oxygen atoms in total. The van der Waals surface area contributed by atoms with Gasteiger partial charge in [0.25, 0.3) is 5.91 Å². The minimum atomic E-state index is -0.132. The molecule has 156 valence electrons. The molecule has 1 fully saturated rings. The zero-order valence-electron chi connectivity index (χ0n) is 16.6. The predicted molar refractivity (Wildman–Crippen MR) is 113 cm³/mol. The standard InChI is InChI=1S/C21H28N4O3S/c26-20(4-8-23-21(27)19-5-15-29-17-19)25(16-18-2-6-22-7-3-18)10-1-9-24-11-13-28-14-12-24/h2-3,5-7,15,17H,1,4,8-14,16H2,(H,23,27). The summed E-state index contributed by atoms with van der Waals surface area (Å²) in [5.74, 6) is -0.0820. The Morgan fingerprint density at radius 3 is 2.72 bits per heavy atom. The first kappa shape index (κ1) is 21.4. The van der Waals surface area contributed by atoms with Crippen LogP contribution >= 0.6 is 11.3 Å². The molecule has 3 rings (SSSR count). The molecule has 2 aromatic rings. The Labute approximate surface area is 175 Å². The van der Waals surface area contributed by atoms with E-state index in [1.165, 1.54) is 11.3 Å². The third kappa shape index (κ3) is 7.23. The minimum Gasteiger partial charge on any atom is -0.379 e. The van der Waals surface area contributed by atoms with E-state index in [9.17, 15) is 9.59 Å². The second-order valence-electron chi connectivity index (χ2n) is 7.00. The quantitative estimate of drug-likeness (QED) is 0.641. The number of nitrogens with zero attached hydrogens (tertiary/aromatic N) is 3. The fourth-order valence-electron chi connectivity index (χ4n) is 3.25. The van der Waals surface area contributed by atoms with Crippen LogP contribution in [0.3, 0.4) is 0 Å². The summed E-state index contributed by atoms with van der Waals surface area (Å²) in [6.07, 6.45) is 4.69. The van der Waals surface area contributed by atoms with Crippen LogP contribution in [0.4, 0.5) is 0 Å². The Morgan fingerprint density at radius 1 is 1.21 bits per heavy atom. The maximum absolute atomic E-state index is 12.8. The number of morpholine rings is 1. The van der Waals surface area contributed by atoms with Crippen LogP contribution in [0.15, 0.2) is 41.4 Å². The number of hydrogen-bond acceptors (Lipinski definition) is 6. The van der Waals surface area contributed by atoms with Gasteiger partial charge in [-0.05, 0) is 35.6 Å². The van der Waals surface area contributed by atoms with Gasteiger partial charge in [0.15, 0.2) is 0 Å². The van der Waals surface area contributed by atoms with E-state index in [0.29, 0.717) is 31.6 Å². The van der Waals surface area contributed by atoms with Crippen molar-refractivity contribution in [3.05, 3.63) is 52.5 Å². The van der Waals surface area contributed by atoms with Gasteiger partial charge in [-0.2, -0.15) is 11.3 Å². The molecule has 0 saturated carbocycles. The second kappa shape index (κ2) is 11.6. The van der Waals surface area contributed by atoms with Crippen LogP contribution in [0, 0.1) is 0 Å². The van der Waals surface area contributed by atoms with Crippen LogP contribution in [0.1, 0.15) is 28.8 Å². The molecule has 2 aromatic heterocycles. The minimum absolute atomic E-state index is 0.0504. The lowest BCUT2D eigenvalue weighted by Gasteiger charge is -2.28. The summed E-state index contributed by atoms with van der Waals surface area (Å²) >= 11 is 1.48. The van der Waals surface area contributed by atoms with Crippen molar-refractivity contribution in [3.63, 3.8) is 0 Å². The third-order valence-electron chi connectivity index (χ3n) is 4.89. The van der Waals surface area contributed by atoms with Crippen molar-refractivity contribution < 1.29 is 14.3 Å². The van der Waals surface area contributed by atoms with Gasteiger partial charge < -0.3 is 15.0 Å². The number of aromatic nitrogens is 1. The van der Waals surface area contributed by atoms with Crippen LogP contribution in [0.2, 0.25) is 0 Å². The number of pyridine rings is 1. The number of thiophene rings is 1. The lowest BCUT2D eigenvalue weighted by Crippen LogP contribution is -2.39. The maximum atomic E-state index is 12.8. The number of carbonyl (C=O) groups is 2. The van der Waals surface area contributed by atoms with Crippen molar-refractivity contribution in [2.24, 2.45) is 0 Å². The largest absolute Gasteiger partial charge is 0.379 e. The summed E-state index contributed by atoms with van der Waals surface area (Å²) in [4.78, 5) is 33.2. The van der Waals surface area contributed by atoms with Crippen molar-refractivity contribution in [2.75, 3.05) is 45.9 Å². The molecule has 0 aromatic carbocycles. The molecule has 0 unspecified atom stereocenters. The third-order valence-corrected chi connectivity index (χ3v) is 5.57. The first-order valence-electron chi connectivity index (χ1n) is 9.99.